The number of morpholine rings is 1. The molecular weight excluding hydrogens is 403 g/mol. The molecule has 0 saturated carbocycles. The summed E-state index contributed by atoms with van der Waals surface area (Å²) in [6, 6.07) is 9.53. The molecule has 6 nitrogen and oxygen atoms in total. The number of carbonyl (C=O) groups excluding carboxylic acids is 1. The van der Waals surface area contributed by atoms with E-state index in [9.17, 15) is 9.28 Å². The maximum Gasteiger partial charge on any atom is 0.248 e. The van der Waals surface area contributed by atoms with E-state index < -0.39 is 0 Å². The minimum atomic E-state index is -0.266. The summed E-state index contributed by atoms with van der Waals surface area (Å²) in [6.07, 6.45) is 7.48. The summed E-state index contributed by atoms with van der Waals surface area (Å²) >= 11 is 4.32. The van der Waals surface area contributed by atoms with Crippen molar-refractivity contribution in [2.45, 2.75) is 6.54 Å². The standard InChI is InChI=1S/C22H25FN4O2S/c1-26(23)16-21(30)20-8-9-24-14-18(20)4-7-22(28)25-19-5-2-17(3-6-19)15-27-10-12-29-13-11-27/h2-9,14,16,30H,10-13,15H2,1H3,(H,25,28)/b7-4+,21-16-. The number of nitrogens with one attached hydrogen (secondary N) is 1. The molecule has 1 N–H and O–H groups in total. The Balaban J connectivity index is 1.60. The van der Waals surface area contributed by atoms with Gasteiger partial charge in [0.25, 0.3) is 0 Å². The van der Waals surface area contributed by atoms with Gasteiger partial charge < -0.3 is 10.1 Å². The molecule has 1 aromatic heterocycles. The molecule has 0 radical (unpaired) electrons. The number of pyridine rings is 1. The van der Waals surface area contributed by atoms with Gasteiger partial charge in [0.05, 0.1) is 13.2 Å². The number of nitrogens with zero attached hydrogens (tertiary/aromatic N) is 3. The Bertz CT molecular complexity index is 910. The maximum absolute atomic E-state index is 13.1. The highest BCUT2D eigenvalue weighted by Crippen LogP contribution is 2.23. The number of benzene rings is 1. The van der Waals surface area contributed by atoms with E-state index >= 15 is 0 Å². The van der Waals surface area contributed by atoms with E-state index in [0.717, 1.165) is 38.5 Å². The largest absolute Gasteiger partial charge is 0.379 e. The fourth-order valence-corrected chi connectivity index (χ4v) is 3.43. The zero-order chi connectivity index (χ0) is 21.3. The predicted octanol–water partition coefficient (Wildman–Crippen LogP) is 3.61. The second kappa shape index (κ2) is 10.9. The third-order valence-corrected chi connectivity index (χ3v) is 4.93. The van der Waals surface area contributed by atoms with Crippen molar-refractivity contribution < 1.29 is 14.0 Å². The fraction of sp³-hybridized carbons (Fsp3) is 0.273. The second-order valence-electron chi connectivity index (χ2n) is 6.91. The Morgan fingerprint density at radius 3 is 2.73 bits per heavy atom. The maximum atomic E-state index is 13.1. The van der Waals surface area contributed by atoms with Crippen molar-refractivity contribution in [2.24, 2.45) is 0 Å². The highest BCUT2D eigenvalue weighted by Gasteiger charge is 2.10. The van der Waals surface area contributed by atoms with Crippen LogP contribution in [0.5, 0.6) is 0 Å². The van der Waals surface area contributed by atoms with Gasteiger partial charge in [-0.15, -0.1) is 17.1 Å². The molecule has 2 heterocycles. The van der Waals surface area contributed by atoms with Crippen LogP contribution in [0.4, 0.5) is 10.2 Å². The monoisotopic (exact) mass is 428 g/mol. The van der Waals surface area contributed by atoms with Gasteiger partial charge in [0, 0.05) is 67.5 Å². The average Bonchev–Trinajstić information content (AvgIpc) is 2.74. The van der Waals surface area contributed by atoms with Crippen LogP contribution >= 0.6 is 12.6 Å². The molecule has 2 aromatic rings. The predicted molar refractivity (Wildman–Crippen MR) is 120 cm³/mol. The molecule has 30 heavy (non-hydrogen) atoms. The zero-order valence-electron chi connectivity index (χ0n) is 16.8. The molecule has 158 valence electrons. The molecule has 1 amide bonds. The van der Waals surface area contributed by atoms with Crippen molar-refractivity contribution in [3.8, 4) is 0 Å². The Kier molecular flexibility index (Phi) is 8.01. The van der Waals surface area contributed by atoms with Crippen LogP contribution in [0.25, 0.3) is 11.0 Å². The number of ether oxygens (including phenoxy) is 1. The van der Waals surface area contributed by atoms with Gasteiger partial charge in [-0.1, -0.05) is 12.1 Å². The van der Waals surface area contributed by atoms with Crippen molar-refractivity contribution in [3.05, 3.63) is 71.7 Å². The third-order valence-electron chi connectivity index (χ3n) is 4.57. The van der Waals surface area contributed by atoms with E-state index in [1.807, 2.05) is 24.3 Å². The number of thiol groups is 1. The summed E-state index contributed by atoms with van der Waals surface area (Å²) in [5.41, 5.74) is 3.25. The first kappa shape index (κ1) is 22.0. The van der Waals surface area contributed by atoms with Crippen LogP contribution in [-0.2, 0) is 16.1 Å². The quantitative estimate of drug-likeness (QED) is 0.401. The zero-order valence-corrected chi connectivity index (χ0v) is 17.7. The summed E-state index contributed by atoms with van der Waals surface area (Å²) < 4.78 is 18.5. The lowest BCUT2D eigenvalue weighted by atomic mass is 10.1. The minimum absolute atomic E-state index is 0.266. The lowest BCUT2D eigenvalue weighted by Crippen LogP contribution is -2.35. The van der Waals surface area contributed by atoms with Gasteiger partial charge >= 0.3 is 0 Å². The first-order chi connectivity index (χ1) is 14.5. The third kappa shape index (κ3) is 6.69. The number of anilines is 1. The van der Waals surface area contributed by atoms with Crippen LogP contribution < -0.4 is 5.32 Å². The van der Waals surface area contributed by atoms with Crippen LogP contribution in [0.15, 0.2) is 55.0 Å². The number of rotatable bonds is 7. The van der Waals surface area contributed by atoms with Gasteiger partial charge in [-0.3, -0.25) is 14.7 Å². The molecule has 3 rings (SSSR count). The highest BCUT2D eigenvalue weighted by atomic mass is 32.1. The van der Waals surface area contributed by atoms with Gasteiger partial charge in [0.1, 0.15) is 0 Å². The molecule has 1 aliphatic heterocycles. The number of aromatic nitrogens is 1. The van der Waals surface area contributed by atoms with Gasteiger partial charge in [0.2, 0.25) is 5.91 Å². The molecule has 0 atom stereocenters. The van der Waals surface area contributed by atoms with Crippen molar-refractivity contribution >= 4 is 35.2 Å². The van der Waals surface area contributed by atoms with Crippen molar-refractivity contribution in [3.63, 3.8) is 0 Å². The van der Waals surface area contributed by atoms with E-state index in [4.69, 9.17) is 4.74 Å². The van der Waals surface area contributed by atoms with E-state index in [2.05, 4.69) is 27.8 Å². The van der Waals surface area contributed by atoms with Crippen molar-refractivity contribution in [2.75, 3.05) is 38.7 Å². The van der Waals surface area contributed by atoms with Crippen LogP contribution in [-0.4, -0.2) is 54.3 Å². The molecule has 8 heteroatoms. The van der Waals surface area contributed by atoms with Crippen molar-refractivity contribution in [1.82, 2.24) is 15.0 Å². The van der Waals surface area contributed by atoms with Crippen molar-refractivity contribution in [1.29, 1.82) is 0 Å². The number of hydrogen-bond donors (Lipinski definition) is 2. The molecule has 0 aliphatic carbocycles. The smallest absolute Gasteiger partial charge is 0.248 e. The van der Waals surface area contributed by atoms with Gasteiger partial charge in [-0.2, -0.15) is 0 Å². The Morgan fingerprint density at radius 1 is 1.30 bits per heavy atom. The van der Waals surface area contributed by atoms with Crippen LogP contribution in [0.3, 0.4) is 0 Å². The van der Waals surface area contributed by atoms with Gasteiger partial charge in [-0.25, -0.2) is 5.12 Å². The average molecular weight is 429 g/mol. The van der Waals surface area contributed by atoms with Crippen LogP contribution in [0.2, 0.25) is 0 Å². The molecule has 0 spiro atoms. The molecule has 0 unspecified atom stereocenters. The first-order valence-corrected chi connectivity index (χ1v) is 10.1. The van der Waals surface area contributed by atoms with E-state index in [-0.39, 0.29) is 5.91 Å². The lowest BCUT2D eigenvalue weighted by molar-refractivity contribution is -0.111. The Hall–Kier alpha value is -2.68. The van der Waals surface area contributed by atoms with E-state index in [0.29, 0.717) is 21.2 Å². The first-order valence-electron chi connectivity index (χ1n) is 9.63. The summed E-state index contributed by atoms with van der Waals surface area (Å²) in [5.74, 6) is -0.266. The lowest BCUT2D eigenvalue weighted by Gasteiger charge is -2.26. The summed E-state index contributed by atoms with van der Waals surface area (Å²) in [6.45, 7) is 4.28. The highest BCUT2D eigenvalue weighted by molar-refractivity contribution is 7.90. The Morgan fingerprint density at radius 2 is 2.03 bits per heavy atom. The molecular formula is C22H25FN4O2S. The minimum Gasteiger partial charge on any atom is -0.379 e. The molecule has 1 aromatic carbocycles. The number of hydrogen-bond acceptors (Lipinski definition) is 6. The molecule has 0 bridgehead atoms. The van der Waals surface area contributed by atoms with E-state index in [1.165, 1.54) is 24.9 Å². The second-order valence-corrected chi connectivity index (χ2v) is 7.39. The topological polar surface area (TPSA) is 57.7 Å². The summed E-state index contributed by atoms with van der Waals surface area (Å²) in [4.78, 5) is 19.1. The SMILES string of the molecule is CN(F)/C=C(\S)c1ccncc1/C=C/C(=O)Nc1ccc(CN2CCOCC2)cc1. The molecule has 1 aliphatic rings. The number of halogens is 1. The summed E-state index contributed by atoms with van der Waals surface area (Å²) in [5, 5.41) is 3.26. The molecule has 1 saturated heterocycles. The molecule has 1 fully saturated rings. The number of carbonyl (C=O) groups is 1. The Labute approximate surface area is 181 Å². The normalized spacial score (nSPS) is 15.4. The van der Waals surface area contributed by atoms with E-state index in [1.54, 1.807) is 24.5 Å². The summed E-state index contributed by atoms with van der Waals surface area (Å²) in [7, 11) is 1.27. The van der Waals surface area contributed by atoms with Crippen LogP contribution in [0.1, 0.15) is 16.7 Å². The number of amides is 1. The van der Waals surface area contributed by atoms with Gasteiger partial charge in [0.15, 0.2) is 0 Å². The van der Waals surface area contributed by atoms with Gasteiger partial charge in [-0.05, 0) is 35.4 Å². The van der Waals surface area contributed by atoms with Crippen LogP contribution in [0, 0.1) is 0 Å². The fourth-order valence-electron chi connectivity index (χ4n) is 3.07.